The largest absolute Gasteiger partial charge is 0.780 e. The van der Waals surface area contributed by atoms with E-state index in [1.54, 1.807) is 0 Å². The Kier molecular flexibility index (Phi) is 7.93. The summed E-state index contributed by atoms with van der Waals surface area (Å²) in [5, 5.41) is 20.3. The Labute approximate surface area is 224 Å². The van der Waals surface area contributed by atoms with Gasteiger partial charge in [-0.2, -0.15) is 0 Å². The van der Waals surface area contributed by atoms with Crippen LogP contribution in [-0.4, -0.2) is 90.1 Å². The molecule has 5 rings (SSSR count). The molecule has 0 bridgehead atoms. The Balaban J connectivity index is 1.26. The van der Waals surface area contributed by atoms with E-state index in [1.807, 2.05) is 0 Å². The molecule has 1 radical (unpaired) electrons. The second kappa shape index (κ2) is 11.1. The van der Waals surface area contributed by atoms with Gasteiger partial charge in [-0.3, -0.25) is 18.9 Å². The minimum atomic E-state index is -4.28. The summed E-state index contributed by atoms with van der Waals surface area (Å²) in [6, 6.07) is 1.10. The van der Waals surface area contributed by atoms with Crippen molar-refractivity contribution in [2.24, 2.45) is 0 Å². The average Bonchev–Trinajstić information content (AvgIpc) is 3.58. The fourth-order valence-electron chi connectivity index (χ4n) is 4.38. The Morgan fingerprint density at radius 2 is 2.03 bits per heavy atom. The summed E-state index contributed by atoms with van der Waals surface area (Å²) in [5.41, 5.74) is 5.15. The van der Waals surface area contributed by atoms with Gasteiger partial charge in [0.25, 0.3) is 5.56 Å². The third-order valence-corrected chi connectivity index (χ3v) is 7.77. The van der Waals surface area contributed by atoms with E-state index in [0.717, 1.165) is 10.6 Å². The molecule has 8 atom stereocenters. The molecule has 3 aromatic rings. The number of nitrogens with zero attached hydrogens (tertiary/aromatic N) is 5. The summed E-state index contributed by atoms with van der Waals surface area (Å²) in [6.45, 7) is -5.29. The monoisotopic (exact) mass is 585 g/mol. The van der Waals surface area contributed by atoms with Crippen molar-refractivity contribution in [1.29, 1.82) is 0 Å². The van der Waals surface area contributed by atoms with Crippen LogP contribution < -0.4 is 21.9 Å². The zero-order valence-corrected chi connectivity index (χ0v) is 21.9. The number of fused-ring (bicyclic) bond motifs is 1. The highest BCUT2D eigenvalue weighted by atomic mass is 32.5. The number of aliphatic hydroxyl groups excluding tert-OH is 2. The SMILES string of the molecule is COC1[C@@H](OP([O-])(=S)OC[C@H]2O[C@@H](n3cnc4c(N)ncnc43)[CH][C@H]2O)[C@@H](CO)O[C@H]1n1ccc(=O)[nH]c1=O. The molecule has 0 amide bonds. The molecular formula is C20H24N7O10PS-. The molecule has 2 saturated heterocycles. The molecule has 39 heavy (non-hydrogen) atoms. The zero-order valence-electron chi connectivity index (χ0n) is 20.2. The number of aliphatic hydroxyl groups is 2. The van der Waals surface area contributed by atoms with Crippen LogP contribution in [0.3, 0.4) is 0 Å². The lowest BCUT2D eigenvalue weighted by Crippen LogP contribution is -2.40. The number of ether oxygens (including phenoxy) is 3. The quantitative estimate of drug-likeness (QED) is 0.187. The van der Waals surface area contributed by atoms with E-state index in [2.05, 4.69) is 19.9 Å². The third kappa shape index (κ3) is 5.53. The molecule has 0 saturated carbocycles. The van der Waals surface area contributed by atoms with Crippen LogP contribution in [0.2, 0.25) is 0 Å². The highest BCUT2D eigenvalue weighted by Crippen LogP contribution is 2.46. The minimum Gasteiger partial charge on any atom is -0.780 e. The lowest BCUT2D eigenvalue weighted by molar-refractivity contribution is -0.218. The molecule has 3 aromatic heterocycles. The third-order valence-electron chi connectivity index (χ3n) is 6.23. The van der Waals surface area contributed by atoms with Gasteiger partial charge in [0.1, 0.15) is 49.2 Å². The number of aromatic nitrogens is 6. The molecule has 211 valence electrons. The summed E-state index contributed by atoms with van der Waals surface area (Å²) < 4.78 is 30.4. The van der Waals surface area contributed by atoms with Gasteiger partial charge in [0.2, 0.25) is 0 Å². The van der Waals surface area contributed by atoms with Gasteiger partial charge in [-0.1, -0.05) is 11.8 Å². The maximum Gasteiger partial charge on any atom is 0.330 e. The number of H-pyrrole nitrogens is 1. The highest BCUT2D eigenvalue weighted by molar-refractivity contribution is 8.06. The molecule has 17 nitrogen and oxygen atoms in total. The second-order valence-corrected chi connectivity index (χ2v) is 11.3. The van der Waals surface area contributed by atoms with Gasteiger partial charge in [-0.25, -0.2) is 19.7 Å². The van der Waals surface area contributed by atoms with Crippen molar-refractivity contribution in [3.63, 3.8) is 0 Å². The number of hydrogen-bond acceptors (Lipinski definition) is 15. The van der Waals surface area contributed by atoms with Gasteiger partial charge in [0, 0.05) is 25.8 Å². The zero-order chi connectivity index (χ0) is 27.9. The summed E-state index contributed by atoms with van der Waals surface area (Å²) in [5.74, 6) is 0.181. The highest BCUT2D eigenvalue weighted by Gasteiger charge is 2.48. The van der Waals surface area contributed by atoms with Gasteiger partial charge in [0.05, 0.1) is 25.6 Å². The molecule has 0 spiro atoms. The number of hydrogen-bond donors (Lipinski definition) is 4. The van der Waals surface area contributed by atoms with Gasteiger partial charge >= 0.3 is 5.69 Å². The van der Waals surface area contributed by atoms with Crippen LogP contribution >= 0.6 is 6.72 Å². The van der Waals surface area contributed by atoms with Crippen LogP contribution in [0.1, 0.15) is 12.5 Å². The van der Waals surface area contributed by atoms with Crippen molar-refractivity contribution in [3.05, 3.63) is 52.2 Å². The number of methoxy groups -OCH3 is 1. The Morgan fingerprint density at radius 3 is 2.74 bits per heavy atom. The van der Waals surface area contributed by atoms with E-state index in [4.69, 9.17) is 40.8 Å². The van der Waals surface area contributed by atoms with Crippen LogP contribution in [0.4, 0.5) is 5.82 Å². The fourth-order valence-corrected chi connectivity index (χ4v) is 5.80. The fraction of sp³-hybridized carbons (Fsp3) is 0.500. The van der Waals surface area contributed by atoms with Crippen molar-refractivity contribution in [2.75, 3.05) is 26.1 Å². The summed E-state index contributed by atoms with van der Waals surface area (Å²) in [4.78, 5) is 51.1. The van der Waals surface area contributed by atoms with Gasteiger partial charge in [0.15, 0.2) is 17.7 Å². The van der Waals surface area contributed by atoms with Gasteiger partial charge < -0.3 is 44.1 Å². The number of nitrogens with one attached hydrogen (secondary N) is 1. The molecule has 5 heterocycles. The van der Waals surface area contributed by atoms with Gasteiger partial charge in [-0.05, 0) is 0 Å². The Morgan fingerprint density at radius 1 is 1.23 bits per heavy atom. The summed E-state index contributed by atoms with van der Waals surface area (Å²) >= 11 is 5.05. The number of aromatic amines is 1. The van der Waals surface area contributed by atoms with Crippen molar-refractivity contribution >= 4 is 35.5 Å². The van der Waals surface area contributed by atoms with Crippen LogP contribution in [-0.2, 0) is 35.1 Å². The number of imidazole rings is 1. The molecule has 2 fully saturated rings. The van der Waals surface area contributed by atoms with E-state index in [1.165, 1.54) is 36.9 Å². The molecule has 2 aliphatic heterocycles. The lowest BCUT2D eigenvalue weighted by Gasteiger charge is -2.34. The van der Waals surface area contributed by atoms with Crippen LogP contribution in [0.25, 0.3) is 11.2 Å². The number of nitrogens with two attached hydrogens (primary N) is 1. The molecular weight excluding hydrogens is 561 g/mol. The maximum atomic E-state index is 13.1. The standard InChI is InChI=1S/C20H25N7O10PS/c1-33-16-15(10(5-28)36-19(16)26-3-2-12(30)25-20(26)31)37-38(32,39)34-6-11-9(29)4-13(35-11)27-8-24-14-17(21)22-7-23-18(14)27/h2-4,7-11,13,15-16,19,28-29H,5-6H2,1H3,(H,32,39)(H2,21,22,23)(H,25,30,31)/p-1/t9-,10-,11-,13-,15+,16?,19-,38?/m1/s1. The van der Waals surface area contributed by atoms with Crippen molar-refractivity contribution < 1.29 is 38.4 Å². The minimum absolute atomic E-state index is 0.181. The smallest absolute Gasteiger partial charge is 0.330 e. The molecule has 0 aromatic carbocycles. The van der Waals surface area contributed by atoms with Crippen LogP contribution in [0.5, 0.6) is 0 Å². The summed E-state index contributed by atoms with van der Waals surface area (Å²) in [7, 11) is 1.29. The second-order valence-electron chi connectivity index (χ2n) is 8.61. The number of anilines is 1. The summed E-state index contributed by atoms with van der Waals surface area (Å²) in [6.07, 6.45) is -2.10. The first-order valence-corrected chi connectivity index (χ1v) is 14.0. The average molecular weight is 585 g/mol. The first-order valence-electron chi connectivity index (χ1n) is 11.5. The first kappa shape index (κ1) is 27.9. The lowest BCUT2D eigenvalue weighted by atomic mass is 10.1. The Bertz CT molecular complexity index is 1500. The predicted molar refractivity (Wildman–Crippen MR) is 132 cm³/mol. The van der Waals surface area contributed by atoms with Crippen molar-refractivity contribution in [1.82, 2.24) is 29.1 Å². The molecule has 0 aliphatic carbocycles. The number of nitrogen functional groups attached to an aromatic ring is 1. The Hall–Kier alpha value is -2.64. The number of rotatable bonds is 9. The topological polar surface area (TPSA) is 234 Å². The predicted octanol–water partition coefficient (Wildman–Crippen LogP) is -2.69. The van der Waals surface area contributed by atoms with Crippen LogP contribution in [0, 0.1) is 6.42 Å². The molecule has 5 N–H and O–H groups in total. The molecule has 2 aliphatic rings. The van der Waals surface area contributed by atoms with E-state index in [9.17, 15) is 24.7 Å². The van der Waals surface area contributed by atoms with Crippen molar-refractivity contribution in [3.8, 4) is 0 Å². The van der Waals surface area contributed by atoms with E-state index >= 15 is 0 Å². The maximum absolute atomic E-state index is 13.1. The van der Waals surface area contributed by atoms with E-state index in [0.29, 0.717) is 11.2 Å². The molecule has 19 heteroatoms. The molecule has 2 unspecified atom stereocenters. The normalized spacial score (nSPS) is 30.6. The van der Waals surface area contributed by atoms with E-state index in [-0.39, 0.29) is 5.82 Å². The van der Waals surface area contributed by atoms with Crippen molar-refractivity contribution in [2.45, 2.75) is 43.0 Å². The van der Waals surface area contributed by atoms with Gasteiger partial charge in [-0.15, -0.1) is 0 Å². The first-order chi connectivity index (χ1) is 18.6. The van der Waals surface area contributed by atoms with Crippen LogP contribution in [0.15, 0.2) is 34.5 Å². The van der Waals surface area contributed by atoms with E-state index < -0.39 is 74.2 Å².